The number of furan rings is 1. The molecule has 1 aromatic heterocycles. The molecule has 2 aromatic rings. The summed E-state index contributed by atoms with van der Waals surface area (Å²) in [6.07, 6.45) is 2.71. The van der Waals surface area contributed by atoms with Crippen molar-refractivity contribution in [3.8, 4) is 5.75 Å². The molecule has 100 valence electrons. The Morgan fingerprint density at radius 3 is 3.00 bits per heavy atom. The molecule has 1 aromatic carbocycles. The Morgan fingerprint density at radius 1 is 1.32 bits per heavy atom. The molecule has 1 saturated heterocycles. The summed E-state index contributed by atoms with van der Waals surface area (Å²) in [5.41, 5.74) is 0.542. The van der Waals surface area contributed by atoms with Crippen molar-refractivity contribution in [1.29, 1.82) is 0 Å². The van der Waals surface area contributed by atoms with E-state index in [0.29, 0.717) is 18.0 Å². The molecule has 0 bridgehead atoms. The Bertz CT molecular complexity index is 553. The highest BCUT2D eigenvalue weighted by atomic mass is 19.1. The first kappa shape index (κ1) is 12.2. The second-order valence-corrected chi connectivity index (χ2v) is 4.99. The number of aromatic hydroxyl groups is 1. The average molecular weight is 261 g/mol. The van der Waals surface area contributed by atoms with E-state index in [4.69, 9.17) is 4.42 Å². The number of phenolic OH excluding ortho intramolecular Hbond substituents is 1. The topological polar surface area (TPSA) is 36.6 Å². The van der Waals surface area contributed by atoms with E-state index in [0.717, 1.165) is 25.3 Å². The highest BCUT2D eigenvalue weighted by Crippen LogP contribution is 2.29. The maximum Gasteiger partial charge on any atom is 0.169 e. The first-order valence-corrected chi connectivity index (χ1v) is 6.46. The Hall–Kier alpha value is -1.81. The van der Waals surface area contributed by atoms with Crippen molar-refractivity contribution < 1.29 is 13.9 Å². The highest BCUT2D eigenvalue weighted by molar-refractivity contribution is 5.29. The van der Waals surface area contributed by atoms with Gasteiger partial charge in [-0.1, -0.05) is 12.1 Å². The van der Waals surface area contributed by atoms with Crippen LogP contribution in [0.2, 0.25) is 0 Å². The number of halogens is 1. The van der Waals surface area contributed by atoms with E-state index in [9.17, 15) is 9.50 Å². The van der Waals surface area contributed by atoms with Crippen LogP contribution in [0, 0.1) is 5.82 Å². The zero-order valence-electron chi connectivity index (χ0n) is 10.6. The van der Waals surface area contributed by atoms with Crippen LogP contribution in [0.25, 0.3) is 0 Å². The normalized spacial score (nSPS) is 19.9. The molecule has 1 aliphatic heterocycles. The zero-order valence-corrected chi connectivity index (χ0v) is 10.6. The Labute approximate surface area is 111 Å². The Balaban J connectivity index is 1.67. The van der Waals surface area contributed by atoms with Crippen LogP contribution in [0.5, 0.6) is 5.75 Å². The van der Waals surface area contributed by atoms with Crippen LogP contribution < -0.4 is 0 Å². The minimum absolute atomic E-state index is 0.278. The largest absolute Gasteiger partial charge is 0.505 e. The molecule has 0 radical (unpaired) electrons. The number of hydrogen-bond donors (Lipinski definition) is 1. The Kier molecular flexibility index (Phi) is 3.25. The summed E-state index contributed by atoms with van der Waals surface area (Å²) >= 11 is 0. The van der Waals surface area contributed by atoms with Gasteiger partial charge in [-0.25, -0.2) is 4.39 Å². The van der Waals surface area contributed by atoms with Gasteiger partial charge in [-0.2, -0.15) is 0 Å². The fourth-order valence-electron chi connectivity index (χ4n) is 2.66. The van der Waals surface area contributed by atoms with Gasteiger partial charge < -0.3 is 9.52 Å². The maximum absolute atomic E-state index is 13.7. The van der Waals surface area contributed by atoms with Gasteiger partial charge in [0.05, 0.1) is 6.26 Å². The molecule has 1 fully saturated rings. The van der Waals surface area contributed by atoms with E-state index >= 15 is 0 Å². The van der Waals surface area contributed by atoms with Gasteiger partial charge in [-0.05, 0) is 31.2 Å². The van der Waals surface area contributed by atoms with Crippen LogP contribution in [0.15, 0.2) is 41.0 Å². The molecule has 3 rings (SSSR count). The van der Waals surface area contributed by atoms with E-state index in [1.807, 2.05) is 12.1 Å². The van der Waals surface area contributed by atoms with Crippen LogP contribution in [-0.2, 0) is 6.54 Å². The lowest BCUT2D eigenvalue weighted by Gasteiger charge is -2.16. The molecule has 3 nitrogen and oxygen atoms in total. The molecule has 1 unspecified atom stereocenters. The van der Waals surface area contributed by atoms with Gasteiger partial charge in [0, 0.05) is 24.6 Å². The first-order chi connectivity index (χ1) is 9.24. The van der Waals surface area contributed by atoms with Crippen LogP contribution in [0.4, 0.5) is 4.39 Å². The summed E-state index contributed by atoms with van der Waals surface area (Å²) in [6.45, 7) is 2.31. The lowest BCUT2D eigenvalue weighted by atomic mass is 10.1. The van der Waals surface area contributed by atoms with E-state index < -0.39 is 5.82 Å². The van der Waals surface area contributed by atoms with Crippen LogP contribution in [-0.4, -0.2) is 23.1 Å². The second kappa shape index (κ2) is 5.05. The predicted octanol–water partition coefficient (Wildman–Crippen LogP) is 3.11. The Morgan fingerprint density at radius 2 is 2.21 bits per heavy atom. The fraction of sp³-hybridized carbons (Fsp3) is 0.333. The quantitative estimate of drug-likeness (QED) is 0.922. The van der Waals surface area contributed by atoms with Gasteiger partial charge in [0.15, 0.2) is 11.6 Å². The van der Waals surface area contributed by atoms with Crippen LogP contribution >= 0.6 is 0 Å². The van der Waals surface area contributed by atoms with Gasteiger partial charge in [0.25, 0.3) is 0 Å². The average Bonchev–Trinajstić information content (AvgIpc) is 3.05. The molecular weight excluding hydrogens is 245 g/mol. The third kappa shape index (κ3) is 2.49. The SMILES string of the molecule is Oc1cccc(CN2CCC(c3ccco3)C2)c1F. The van der Waals surface area contributed by atoms with Crippen LogP contribution in [0.3, 0.4) is 0 Å². The van der Waals surface area contributed by atoms with Crippen molar-refractivity contribution in [2.24, 2.45) is 0 Å². The van der Waals surface area contributed by atoms with E-state index in [-0.39, 0.29) is 5.75 Å². The van der Waals surface area contributed by atoms with Crippen molar-refractivity contribution in [3.63, 3.8) is 0 Å². The van der Waals surface area contributed by atoms with Crippen molar-refractivity contribution in [3.05, 3.63) is 53.7 Å². The smallest absolute Gasteiger partial charge is 0.169 e. The number of nitrogens with zero attached hydrogens (tertiary/aromatic N) is 1. The van der Waals surface area contributed by atoms with E-state index in [1.54, 1.807) is 18.4 Å². The number of phenols is 1. The fourth-order valence-corrected chi connectivity index (χ4v) is 2.66. The number of likely N-dealkylation sites (tertiary alicyclic amines) is 1. The number of rotatable bonds is 3. The second-order valence-electron chi connectivity index (χ2n) is 4.99. The third-order valence-electron chi connectivity index (χ3n) is 3.67. The molecule has 0 aliphatic carbocycles. The highest BCUT2D eigenvalue weighted by Gasteiger charge is 2.26. The van der Waals surface area contributed by atoms with E-state index in [1.165, 1.54) is 6.07 Å². The summed E-state index contributed by atoms with van der Waals surface area (Å²) < 4.78 is 19.1. The maximum atomic E-state index is 13.7. The molecule has 0 spiro atoms. The minimum atomic E-state index is -0.510. The number of benzene rings is 1. The summed E-state index contributed by atoms with van der Waals surface area (Å²) in [5, 5.41) is 9.37. The molecular formula is C15H16FNO2. The molecule has 4 heteroatoms. The summed E-state index contributed by atoms with van der Waals surface area (Å²) in [7, 11) is 0. The molecule has 1 N–H and O–H groups in total. The van der Waals surface area contributed by atoms with Crippen molar-refractivity contribution in [2.75, 3.05) is 13.1 Å². The third-order valence-corrected chi connectivity index (χ3v) is 3.67. The molecule has 2 heterocycles. The monoisotopic (exact) mass is 261 g/mol. The van der Waals surface area contributed by atoms with E-state index in [2.05, 4.69) is 4.90 Å². The minimum Gasteiger partial charge on any atom is -0.505 e. The van der Waals surface area contributed by atoms with Gasteiger partial charge in [-0.3, -0.25) is 4.90 Å². The lowest BCUT2D eigenvalue weighted by molar-refractivity contribution is 0.313. The van der Waals surface area contributed by atoms with Crippen molar-refractivity contribution in [2.45, 2.75) is 18.9 Å². The summed E-state index contributed by atoms with van der Waals surface area (Å²) in [4.78, 5) is 2.19. The van der Waals surface area contributed by atoms with Crippen LogP contribution in [0.1, 0.15) is 23.7 Å². The van der Waals surface area contributed by atoms with Gasteiger partial charge >= 0.3 is 0 Å². The standard InChI is InChI=1S/C15H16FNO2/c16-15-12(3-1-4-13(15)18)10-17-7-6-11(9-17)14-5-2-8-19-14/h1-5,8,11,18H,6-7,9-10H2. The zero-order chi connectivity index (χ0) is 13.2. The predicted molar refractivity (Wildman–Crippen MR) is 69.4 cm³/mol. The number of hydrogen-bond acceptors (Lipinski definition) is 3. The van der Waals surface area contributed by atoms with Crippen molar-refractivity contribution in [1.82, 2.24) is 4.90 Å². The lowest BCUT2D eigenvalue weighted by Crippen LogP contribution is -2.20. The molecule has 0 amide bonds. The molecule has 0 saturated carbocycles. The summed E-state index contributed by atoms with van der Waals surface area (Å²) in [5.74, 6) is 0.595. The van der Waals surface area contributed by atoms with Crippen molar-refractivity contribution >= 4 is 0 Å². The van der Waals surface area contributed by atoms with Gasteiger partial charge in [0.2, 0.25) is 0 Å². The first-order valence-electron chi connectivity index (χ1n) is 6.46. The molecule has 19 heavy (non-hydrogen) atoms. The summed E-state index contributed by atoms with van der Waals surface area (Å²) in [6, 6.07) is 8.65. The molecule has 1 atom stereocenters. The van der Waals surface area contributed by atoms with Gasteiger partial charge in [-0.15, -0.1) is 0 Å². The molecule has 1 aliphatic rings. The van der Waals surface area contributed by atoms with Gasteiger partial charge in [0.1, 0.15) is 5.76 Å².